The summed E-state index contributed by atoms with van der Waals surface area (Å²) in [6.07, 6.45) is 0.935. The third-order valence-corrected chi connectivity index (χ3v) is 8.77. The van der Waals surface area contributed by atoms with Crippen molar-refractivity contribution in [1.82, 2.24) is 5.16 Å². The molecule has 2 N–H and O–H groups in total. The third kappa shape index (κ3) is 4.82. The average Bonchev–Trinajstić information content (AvgIpc) is 3.06. The number of aryl methyl sites for hydroxylation is 2. The number of benzene rings is 2. The molecular weight excluding hydrogens is 542 g/mol. The zero-order valence-corrected chi connectivity index (χ0v) is 22.0. The lowest BCUT2D eigenvalue weighted by Gasteiger charge is -2.17. The van der Waals surface area contributed by atoms with Crippen LogP contribution in [0.5, 0.6) is 5.75 Å². The van der Waals surface area contributed by atoms with Crippen LogP contribution in [0.3, 0.4) is 0 Å². The Hall–Kier alpha value is -3.03. The standard InChI is InChI=1S/C22H21ClF2N2O7S2/c1-10-17(35(5,30)31)9-14(19-11(2)27-34-12(19)3)20(28)18(10)21(29)26-16-7-6-13(8-15(16)23)36(32,33)22(4,24)25/h6-9,28H,1-5H3,(H,26,29). The maximum Gasteiger partial charge on any atom is 0.347 e. The maximum atomic E-state index is 13.5. The zero-order valence-electron chi connectivity index (χ0n) is 19.6. The second-order valence-electron chi connectivity index (χ2n) is 8.15. The number of halogens is 3. The van der Waals surface area contributed by atoms with Gasteiger partial charge in [-0.25, -0.2) is 16.8 Å². The fourth-order valence-corrected chi connectivity index (χ4v) is 5.84. The summed E-state index contributed by atoms with van der Waals surface area (Å²) in [7, 11) is -8.89. The highest BCUT2D eigenvalue weighted by Crippen LogP contribution is 2.41. The number of anilines is 1. The van der Waals surface area contributed by atoms with E-state index in [0.29, 0.717) is 11.3 Å². The van der Waals surface area contributed by atoms with Gasteiger partial charge in [0.05, 0.1) is 37.3 Å². The Morgan fingerprint density at radius 2 is 1.75 bits per heavy atom. The Morgan fingerprint density at radius 3 is 2.22 bits per heavy atom. The fourth-order valence-electron chi connectivity index (χ4n) is 3.62. The van der Waals surface area contributed by atoms with Crippen LogP contribution in [0.25, 0.3) is 11.1 Å². The first kappa shape index (κ1) is 27.6. The van der Waals surface area contributed by atoms with Crippen LogP contribution >= 0.6 is 11.6 Å². The van der Waals surface area contributed by atoms with Gasteiger partial charge in [-0.3, -0.25) is 4.79 Å². The number of nitrogens with one attached hydrogen (secondary N) is 1. The lowest BCUT2D eigenvalue weighted by atomic mass is 9.96. The number of rotatable bonds is 6. The van der Waals surface area contributed by atoms with E-state index in [9.17, 15) is 35.5 Å². The van der Waals surface area contributed by atoms with Crippen LogP contribution in [-0.4, -0.2) is 44.5 Å². The summed E-state index contributed by atoms with van der Waals surface area (Å²) < 4.78 is 81.0. The SMILES string of the molecule is Cc1noc(C)c1-c1cc(S(C)(=O)=O)c(C)c(C(=O)Nc2ccc(S(=O)(=O)C(C)(F)F)cc2Cl)c1O. The number of sulfone groups is 2. The molecule has 0 fully saturated rings. The molecule has 0 bridgehead atoms. The largest absolute Gasteiger partial charge is 0.506 e. The van der Waals surface area contributed by atoms with Crippen LogP contribution in [-0.2, 0) is 19.7 Å². The van der Waals surface area contributed by atoms with Gasteiger partial charge >= 0.3 is 5.25 Å². The Kier molecular flexibility index (Phi) is 6.98. The molecule has 14 heteroatoms. The molecule has 0 aliphatic rings. The number of carbonyl (C=O) groups is 1. The fraction of sp³-hybridized carbons (Fsp3) is 0.273. The van der Waals surface area contributed by atoms with E-state index in [1.807, 2.05) is 0 Å². The normalized spacial score (nSPS) is 12.6. The number of phenolic OH excluding ortho intramolecular Hbond substituents is 1. The van der Waals surface area contributed by atoms with Gasteiger partial charge in [0.15, 0.2) is 9.84 Å². The third-order valence-electron chi connectivity index (χ3n) is 5.41. The van der Waals surface area contributed by atoms with Crippen LogP contribution in [0, 0.1) is 20.8 Å². The van der Waals surface area contributed by atoms with Crippen molar-refractivity contribution in [2.24, 2.45) is 0 Å². The number of alkyl halides is 2. The molecule has 0 spiro atoms. The number of aromatic hydroxyl groups is 1. The van der Waals surface area contributed by atoms with Crippen molar-refractivity contribution < 1.29 is 40.0 Å². The zero-order chi connectivity index (χ0) is 27.4. The van der Waals surface area contributed by atoms with Crippen molar-refractivity contribution in [3.63, 3.8) is 0 Å². The van der Waals surface area contributed by atoms with Gasteiger partial charge < -0.3 is 14.9 Å². The monoisotopic (exact) mass is 562 g/mol. The van der Waals surface area contributed by atoms with Gasteiger partial charge in [0.25, 0.3) is 5.91 Å². The minimum Gasteiger partial charge on any atom is -0.506 e. The Bertz CT molecular complexity index is 1590. The molecule has 1 heterocycles. The molecule has 3 aromatic rings. The van der Waals surface area contributed by atoms with Crippen molar-refractivity contribution in [1.29, 1.82) is 0 Å². The molecule has 0 aliphatic carbocycles. The van der Waals surface area contributed by atoms with Crippen molar-refractivity contribution in [3.05, 3.63) is 51.9 Å². The van der Waals surface area contributed by atoms with Gasteiger partial charge in [-0.15, -0.1) is 0 Å². The summed E-state index contributed by atoms with van der Waals surface area (Å²) in [5, 5.41) is 12.7. The molecule has 9 nitrogen and oxygen atoms in total. The van der Waals surface area contributed by atoms with E-state index in [1.54, 1.807) is 13.8 Å². The predicted molar refractivity (Wildman–Crippen MR) is 128 cm³/mol. The van der Waals surface area contributed by atoms with Crippen LogP contribution in [0.2, 0.25) is 5.02 Å². The molecule has 0 atom stereocenters. The molecule has 0 radical (unpaired) electrons. The summed E-state index contributed by atoms with van der Waals surface area (Å²) in [6, 6.07) is 3.80. The number of hydrogen-bond acceptors (Lipinski definition) is 8. The summed E-state index contributed by atoms with van der Waals surface area (Å²) in [5.41, 5.74) is -0.0167. The first-order chi connectivity index (χ1) is 16.4. The summed E-state index contributed by atoms with van der Waals surface area (Å²) >= 11 is 6.05. The summed E-state index contributed by atoms with van der Waals surface area (Å²) in [4.78, 5) is 12.2. The second-order valence-corrected chi connectivity index (χ2v) is 12.7. The highest BCUT2D eigenvalue weighted by molar-refractivity contribution is 7.92. The molecule has 0 unspecified atom stereocenters. The van der Waals surface area contributed by atoms with Gasteiger partial charge in [-0.05, 0) is 50.6 Å². The highest BCUT2D eigenvalue weighted by Gasteiger charge is 2.41. The molecule has 1 aromatic heterocycles. The summed E-state index contributed by atoms with van der Waals surface area (Å²) in [6.45, 7) is 4.66. The van der Waals surface area contributed by atoms with E-state index < -0.39 is 47.0 Å². The molecule has 0 saturated heterocycles. The minimum atomic E-state index is -5.02. The Morgan fingerprint density at radius 1 is 1.14 bits per heavy atom. The van der Waals surface area contributed by atoms with Crippen LogP contribution in [0.4, 0.5) is 14.5 Å². The molecular formula is C22H21ClF2N2O7S2. The predicted octanol–water partition coefficient (Wildman–Crippen LogP) is 4.67. The van der Waals surface area contributed by atoms with E-state index in [0.717, 1.165) is 24.5 Å². The Labute approximate surface area is 210 Å². The van der Waals surface area contributed by atoms with Crippen molar-refractivity contribution >= 4 is 42.9 Å². The molecule has 194 valence electrons. The van der Waals surface area contributed by atoms with Gasteiger partial charge in [0, 0.05) is 18.7 Å². The number of carbonyl (C=O) groups excluding carboxylic acids is 1. The lowest BCUT2D eigenvalue weighted by molar-refractivity contribution is 0.102. The highest BCUT2D eigenvalue weighted by atomic mass is 35.5. The lowest BCUT2D eigenvalue weighted by Crippen LogP contribution is -2.24. The van der Waals surface area contributed by atoms with Crippen molar-refractivity contribution in [2.45, 2.75) is 42.7 Å². The number of aromatic nitrogens is 1. The van der Waals surface area contributed by atoms with Gasteiger partial charge in [0.2, 0.25) is 9.84 Å². The Balaban J connectivity index is 2.16. The number of phenols is 1. The van der Waals surface area contributed by atoms with Crippen LogP contribution < -0.4 is 5.32 Å². The molecule has 1 amide bonds. The van der Waals surface area contributed by atoms with E-state index in [1.165, 1.54) is 13.0 Å². The maximum absolute atomic E-state index is 13.5. The number of nitrogens with zero attached hydrogens (tertiary/aromatic N) is 1. The van der Waals surface area contributed by atoms with E-state index in [2.05, 4.69) is 10.5 Å². The molecule has 3 rings (SSSR count). The molecule has 0 aliphatic heterocycles. The molecule has 36 heavy (non-hydrogen) atoms. The number of hydrogen-bond donors (Lipinski definition) is 2. The first-order valence-corrected chi connectivity index (χ1v) is 13.9. The average molecular weight is 563 g/mol. The summed E-state index contributed by atoms with van der Waals surface area (Å²) in [5.74, 6) is -1.28. The van der Waals surface area contributed by atoms with E-state index in [4.69, 9.17) is 16.1 Å². The van der Waals surface area contributed by atoms with Crippen LogP contribution in [0.1, 0.15) is 34.3 Å². The van der Waals surface area contributed by atoms with Crippen LogP contribution in [0.15, 0.2) is 38.6 Å². The van der Waals surface area contributed by atoms with Gasteiger partial charge in [-0.2, -0.15) is 8.78 Å². The minimum absolute atomic E-state index is 0.0138. The molecule has 2 aromatic carbocycles. The molecule has 0 saturated carbocycles. The quantitative estimate of drug-likeness (QED) is 0.441. The van der Waals surface area contributed by atoms with Crippen molar-refractivity contribution in [3.8, 4) is 16.9 Å². The van der Waals surface area contributed by atoms with E-state index in [-0.39, 0.29) is 39.4 Å². The second kappa shape index (κ2) is 9.12. The van der Waals surface area contributed by atoms with Gasteiger partial charge in [-0.1, -0.05) is 16.8 Å². The smallest absolute Gasteiger partial charge is 0.347 e. The van der Waals surface area contributed by atoms with E-state index >= 15 is 0 Å². The first-order valence-electron chi connectivity index (χ1n) is 10.1. The van der Waals surface area contributed by atoms with Crippen molar-refractivity contribution in [2.75, 3.05) is 11.6 Å². The van der Waals surface area contributed by atoms with Gasteiger partial charge in [0.1, 0.15) is 11.5 Å². The number of amides is 1. The topological polar surface area (TPSA) is 144 Å².